The van der Waals surface area contributed by atoms with Crippen LogP contribution in [-0.2, 0) is 0 Å². The average molecular weight is 268 g/mol. The van der Waals surface area contributed by atoms with Gasteiger partial charge in [0.15, 0.2) is 0 Å². The van der Waals surface area contributed by atoms with Gasteiger partial charge in [0.25, 0.3) is 0 Å². The Kier molecular flexibility index (Phi) is 6.82. The smallest absolute Gasteiger partial charge is 0.00926 e. The molecule has 0 aromatic carbocycles. The zero-order valence-electron chi connectivity index (χ0n) is 13.9. The molecule has 1 fully saturated rings. The summed E-state index contributed by atoms with van der Waals surface area (Å²) in [5.41, 5.74) is 6.48. The number of hydrogen-bond donors (Lipinski definition) is 1. The van der Waals surface area contributed by atoms with E-state index in [-0.39, 0.29) is 0 Å². The quantitative estimate of drug-likeness (QED) is 0.759. The number of nitrogens with zero attached hydrogens (tertiary/aromatic N) is 1. The third kappa shape index (κ3) is 6.27. The fourth-order valence-corrected chi connectivity index (χ4v) is 3.39. The van der Waals surface area contributed by atoms with Gasteiger partial charge < -0.3 is 10.6 Å². The summed E-state index contributed by atoms with van der Waals surface area (Å²) in [6.45, 7) is 11.5. The lowest BCUT2D eigenvalue weighted by Gasteiger charge is -2.39. The van der Waals surface area contributed by atoms with Gasteiger partial charge in [-0.15, -0.1) is 0 Å². The summed E-state index contributed by atoms with van der Waals surface area (Å²) >= 11 is 0. The topological polar surface area (TPSA) is 29.3 Å². The summed E-state index contributed by atoms with van der Waals surface area (Å²) in [6.07, 6.45) is 8.07. The van der Waals surface area contributed by atoms with Crippen LogP contribution in [0.4, 0.5) is 0 Å². The van der Waals surface area contributed by atoms with Gasteiger partial charge in [-0.1, -0.05) is 27.7 Å². The molecule has 0 amide bonds. The van der Waals surface area contributed by atoms with Crippen molar-refractivity contribution in [2.75, 3.05) is 20.1 Å². The Hall–Kier alpha value is -0.0800. The average Bonchev–Trinajstić information content (AvgIpc) is 2.33. The highest BCUT2D eigenvalue weighted by molar-refractivity contribution is 4.83. The molecule has 0 spiro atoms. The van der Waals surface area contributed by atoms with E-state index < -0.39 is 0 Å². The summed E-state index contributed by atoms with van der Waals surface area (Å²) in [5.74, 6) is 1.48. The van der Waals surface area contributed by atoms with Crippen LogP contribution in [0.25, 0.3) is 0 Å². The van der Waals surface area contributed by atoms with Crippen LogP contribution in [0.1, 0.15) is 66.2 Å². The van der Waals surface area contributed by atoms with Gasteiger partial charge in [0.1, 0.15) is 0 Å². The molecule has 2 nitrogen and oxygen atoms in total. The van der Waals surface area contributed by atoms with Crippen molar-refractivity contribution in [2.45, 2.75) is 72.3 Å². The molecule has 1 aliphatic rings. The Morgan fingerprint density at radius 1 is 1.21 bits per heavy atom. The lowest BCUT2D eigenvalue weighted by molar-refractivity contribution is 0.121. The first-order valence-corrected chi connectivity index (χ1v) is 8.24. The van der Waals surface area contributed by atoms with Crippen molar-refractivity contribution in [1.29, 1.82) is 0 Å². The van der Waals surface area contributed by atoms with E-state index in [0.717, 1.165) is 18.5 Å². The van der Waals surface area contributed by atoms with Gasteiger partial charge in [-0.05, 0) is 75.9 Å². The highest BCUT2D eigenvalue weighted by Gasteiger charge is 2.28. The molecule has 0 heterocycles. The first kappa shape index (κ1) is 17.0. The second kappa shape index (κ2) is 7.64. The van der Waals surface area contributed by atoms with E-state index in [1.165, 1.54) is 45.1 Å². The molecule has 1 aliphatic carbocycles. The van der Waals surface area contributed by atoms with Crippen LogP contribution in [-0.4, -0.2) is 31.1 Å². The minimum absolute atomic E-state index is 0.578. The summed E-state index contributed by atoms with van der Waals surface area (Å²) in [5, 5.41) is 0. The van der Waals surface area contributed by atoms with Crippen molar-refractivity contribution in [2.24, 2.45) is 23.0 Å². The maximum absolute atomic E-state index is 5.90. The summed E-state index contributed by atoms with van der Waals surface area (Å²) < 4.78 is 0. The van der Waals surface area contributed by atoms with Gasteiger partial charge >= 0.3 is 0 Å². The van der Waals surface area contributed by atoms with Crippen LogP contribution in [0.15, 0.2) is 0 Å². The van der Waals surface area contributed by atoms with Crippen molar-refractivity contribution in [3.63, 3.8) is 0 Å². The molecule has 0 bridgehead atoms. The number of hydrogen-bond acceptors (Lipinski definition) is 2. The molecule has 19 heavy (non-hydrogen) atoms. The standard InChI is InChI=1S/C17H36N2/c1-14(2)12-15(13-18)8-11-19(5)16-6-9-17(3,4)10-7-16/h14-16H,6-13,18H2,1-5H3. The van der Waals surface area contributed by atoms with E-state index >= 15 is 0 Å². The lowest BCUT2D eigenvalue weighted by Crippen LogP contribution is -2.38. The maximum atomic E-state index is 5.90. The zero-order chi connectivity index (χ0) is 14.5. The molecule has 0 aromatic rings. The molecule has 0 aliphatic heterocycles. The van der Waals surface area contributed by atoms with Gasteiger partial charge in [0.2, 0.25) is 0 Å². The van der Waals surface area contributed by atoms with Crippen molar-refractivity contribution in [1.82, 2.24) is 4.90 Å². The van der Waals surface area contributed by atoms with Gasteiger partial charge in [-0.25, -0.2) is 0 Å². The second-order valence-corrected chi connectivity index (χ2v) is 7.90. The second-order valence-electron chi connectivity index (χ2n) is 7.90. The van der Waals surface area contributed by atoms with E-state index in [4.69, 9.17) is 5.73 Å². The van der Waals surface area contributed by atoms with Gasteiger partial charge in [0.05, 0.1) is 0 Å². The molecule has 0 radical (unpaired) electrons. The SMILES string of the molecule is CC(C)CC(CN)CCN(C)C1CCC(C)(C)CC1. The van der Waals surface area contributed by atoms with Crippen molar-refractivity contribution < 1.29 is 0 Å². The lowest BCUT2D eigenvalue weighted by atomic mass is 9.75. The highest BCUT2D eigenvalue weighted by Crippen LogP contribution is 2.36. The molecule has 2 N–H and O–H groups in total. The predicted molar refractivity (Wildman–Crippen MR) is 85.3 cm³/mol. The molecule has 2 heteroatoms. The molecular formula is C17H36N2. The molecule has 1 unspecified atom stereocenters. The first-order valence-electron chi connectivity index (χ1n) is 8.24. The van der Waals surface area contributed by atoms with E-state index in [9.17, 15) is 0 Å². The molecule has 0 aromatic heterocycles. The van der Waals surface area contributed by atoms with Crippen LogP contribution < -0.4 is 5.73 Å². The monoisotopic (exact) mass is 268 g/mol. The van der Waals surface area contributed by atoms with Gasteiger partial charge in [-0.3, -0.25) is 0 Å². The van der Waals surface area contributed by atoms with Crippen LogP contribution in [0.5, 0.6) is 0 Å². The minimum Gasteiger partial charge on any atom is -0.330 e. The minimum atomic E-state index is 0.578. The van der Waals surface area contributed by atoms with Crippen LogP contribution in [0.2, 0.25) is 0 Å². The highest BCUT2D eigenvalue weighted by atomic mass is 15.1. The van der Waals surface area contributed by atoms with E-state index in [0.29, 0.717) is 11.3 Å². The third-order valence-corrected chi connectivity index (χ3v) is 4.96. The molecule has 1 saturated carbocycles. The molecular weight excluding hydrogens is 232 g/mol. The summed E-state index contributed by atoms with van der Waals surface area (Å²) in [6, 6.07) is 0.811. The Morgan fingerprint density at radius 3 is 2.26 bits per heavy atom. The van der Waals surface area contributed by atoms with Crippen LogP contribution in [0.3, 0.4) is 0 Å². The molecule has 0 saturated heterocycles. The van der Waals surface area contributed by atoms with E-state index in [1.807, 2.05) is 0 Å². The summed E-state index contributed by atoms with van der Waals surface area (Å²) in [4.78, 5) is 2.60. The van der Waals surface area contributed by atoms with Crippen molar-refractivity contribution >= 4 is 0 Å². The van der Waals surface area contributed by atoms with Gasteiger partial charge in [-0.2, -0.15) is 0 Å². The van der Waals surface area contributed by atoms with E-state index in [2.05, 4.69) is 39.6 Å². The Bertz CT molecular complexity index is 238. The van der Waals surface area contributed by atoms with Gasteiger partial charge in [0, 0.05) is 6.04 Å². The Labute approximate surface area is 121 Å². The first-order chi connectivity index (χ1) is 8.84. The normalized spacial score (nSPS) is 22.1. The summed E-state index contributed by atoms with van der Waals surface area (Å²) in [7, 11) is 2.31. The van der Waals surface area contributed by atoms with Crippen molar-refractivity contribution in [3.05, 3.63) is 0 Å². The van der Waals surface area contributed by atoms with Crippen LogP contribution in [0, 0.1) is 17.3 Å². The zero-order valence-corrected chi connectivity index (χ0v) is 13.9. The Morgan fingerprint density at radius 2 is 1.79 bits per heavy atom. The molecule has 1 rings (SSSR count). The molecule has 114 valence electrons. The fraction of sp³-hybridized carbons (Fsp3) is 1.00. The molecule has 1 atom stereocenters. The third-order valence-electron chi connectivity index (χ3n) is 4.96. The van der Waals surface area contributed by atoms with E-state index in [1.54, 1.807) is 0 Å². The number of nitrogens with two attached hydrogens (primary N) is 1. The predicted octanol–water partition coefficient (Wildman–Crippen LogP) is 3.90. The fourth-order valence-electron chi connectivity index (χ4n) is 3.39. The largest absolute Gasteiger partial charge is 0.330 e. The van der Waals surface area contributed by atoms with Crippen LogP contribution >= 0.6 is 0 Å². The number of rotatable bonds is 7. The maximum Gasteiger partial charge on any atom is 0.00926 e. The van der Waals surface area contributed by atoms with Crippen molar-refractivity contribution in [3.8, 4) is 0 Å². The Balaban J connectivity index is 2.29.